The average Bonchev–Trinajstić information content (AvgIpc) is 2.98. The van der Waals surface area contributed by atoms with Gasteiger partial charge in [-0.1, -0.05) is 23.7 Å². The van der Waals surface area contributed by atoms with E-state index in [-0.39, 0.29) is 24.4 Å². The van der Waals surface area contributed by atoms with Gasteiger partial charge in [-0.25, -0.2) is 0 Å². The van der Waals surface area contributed by atoms with Crippen LogP contribution in [0.15, 0.2) is 24.3 Å². The zero-order chi connectivity index (χ0) is 14.7. The Hall–Kier alpha value is -0.420. The van der Waals surface area contributed by atoms with Crippen LogP contribution in [0.25, 0.3) is 0 Å². The number of amides is 1. The summed E-state index contributed by atoms with van der Waals surface area (Å²) in [5.41, 5.74) is 1.17. The quantitative estimate of drug-likeness (QED) is 0.894. The molecule has 0 aromatic heterocycles. The van der Waals surface area contributed by atoms with Crippen LogP contribution in [-0.2, 0) is 4.79 Å². The molecule has 3 rings (SSSR count). The Bertz CT molecular complexity index is 509. The third kappa shape index (κ3) is 4.31. The van der Waals surface area contributed by atoms with Gasteiger partial charge < -0.3 is 10.2 Å². The molecule has 1 N–H and O–H groups in total. The van der Waals surface area contributed by atoms with E-state index >= 15 is 0 Å². The highest BCUT2D eigenvalue weighted by Gasteiger charge is 2.31. The van der Waals surface area contributed by atoms with Gasteiger partial charge in [0.25, 0.3) is 0 Å². The van der Waals surface area contributed by atoms with Crippen LogP contribution < -0.4 is 5.32 Å². The summed E-state index contributed by atoms with van der Waals surface area (Å²) in [4.78, 5) is 14.7. The van der Waals surface area contributed by atoms with Crippen LogP contribution in [0, 0.1) is 0 Å². The summed E-state index contributed by atoms with van der Waals surface area (Å²) in [5.74, 6) is 2.47. The molecule has 0 saturated carbocycles. The van der Waals surface area contributed by atoms with Gasteiger partial charge >= 0.3 is 0 Å². The van der Waals surface area contributed by atoms with Crippen molar-refractivity contribution >= 4 is 41.7 Å². The number of hydrogen-bond acceptors (Lipinski definition) is 3. The van der Waals surface area contributed by atoms with Gasteiger partial charge in [0.05, 0.1) is 6.04 Å². The molecular formula is C16H22Cl2N2OS. The molecule has 2 heterocycles. The lowest BCUT2D eigenvalue weighted by atomic mass is 10.0. The number of carbonyl (C=O) groups excluding carboxylic acids is 1. The molecule has 1 aromatic rings. The highest BCUT2D eigenvalue weighted by molar-refractivity contribution is 7.99. The van der Waals surface area contributed by atoms with E-state index in [0.29, 0.717) is 12.5 Å². The van der Waals surface area contributed by atoms with Crippen LogP contribution in [0.2, 0.25) is 5.02 Å². The fourth-order valence-electron chi connectivity index (χ4n) is 3.20. The minimum atomic E-state index is 0. The normalized spacial score (nSPS) is 24.9. The van der Waals surface area contributed by atoms with Gasteiger partial charge in [-0.3, -0.25) is 4.79 Å². The van der Waals surface area contributed by atoms with E-state index in [1.165, 1.54) is 5.56 Å². The second-order valence-electron chi connectivity index (χ2n) is 5.73. The number of nitrogens with one attached hydrogen (secondary N) is 1. The number of rotatable bonds is 3. The lowest BCUT2D eigenvalue weighted by Crippen LogP contribution is -2.42. The van der Waals surface area contributed by atoms with Crippen LogP contribution >= 0.6 is 35.8 Å². The first-order valence-corrected chi connectivity index (χ1v) is 9.13. The topological polar surface area (TPSA) is 32.3 Å². The van der Waals surface area contributed by atoms with Crippen LogP contribution in [0.1, 0.15) is 30.9 Å². The van der Waals surface area contributed by atoms with Crippen molar-refractivity contribution in [3.8, 4) is 0 Å². The predicted molar refractivity (Wildman–Crippen MR) is 96.1 cm³/mol. The first-order chi connectivity index (χ1) is 10.2. The summed E-state index contributed by atoms with van der Waals surface area (Å²) in [5, 5.41) is 4.20. The number of halogens is 2. The van der Waals surface area contributed by atoms with Gasteiger partial charge in [0.15, 0.2) is 0 Å². The standard InChI is InChI=1S/C16H21ClN2OS.ClH/c17-13-4-1-3-12(9-13)15-5-2-7-19(15)16(20)10-14-11-21-8-6-18-14;/h1,3-4,9,14-15,18H,2,5-8,10-11H2;1H. The average molecular weight is 361 g/mol. The van der Waals surface area contributed by atoms with E-state index in [1.54, 1.807) is 0 Å². The van der Waals surface area contributed by atoms with Crippen LogP contribution in [0.3, 0.4) is 0 Å². The SMILES string of the molecule is Cl.O=C(CC1CSCCN1)N1CCCC1c1cccc(Cl)c1. The van der Waals surface area contributed by atoms with E-state index in [2.05, 4.69) is 11.4 Å². The zero-order valence-corrected chi connectivity index (χ0v) is 14.9. The van der Waals surface area contributed by atoms with Gasteiger partial charge in [-0.05, 0) is 30.5 Å². The monoisotopic (exact) mass is 360 g/mol. The lowest BCUT2D eigenvalue weighted by molar-refractivity contribution is -0.132. The molecule has 3 nitrogen and oxygen atoms in total. The lowest BCUT2D eigenvalue weighted by Gasteiger charge is -2.29. The van der Waals surface area contributed by atoms with Crippen LogP contribution in [0.5, 0.6) is 0 Å². The first-order valence-electron chi connectivity index (χ1n) is 7.60. The van der Waals surface area contributed by atoms with Crippen molar-refractivity contribution in [2.75, 3.05) is 24.6 Å². The summed E-state index contributed by atoms with van der Waals surface area (Å²) in [6.45, 7) is 1.89. The van der Waals surface area contributed by atoms with Gasteiger partial charge in [0, 0.05) is 42.1 Å². The molecule has 0 radical (unpaired) electrons. The molecule has 1 amide bonds. The molecule has 1 aromatic carbocycles. The van der Waals surface area contributed by atoms with Gasteiger partial charge in [0.2, 0.25) is 5.91 Å². The smallest absolute Gasteiger partial charge is 0.224 e. The highest BCUT2D eigenvalue weighted by atomic mass is 35.5. The zero-order valence-electron chi connectivity index (χ0n) is 12.5. The summed E-state index contributed by atoms with van der Waals surface area (Å²) in [7, 11) is 0. The fraction of sp³-hybridized carbons (Fsp3) is 0.562. The summed E-state index contributed by atoms with van der Waals surface area (Å²) < 4.78 is 0. The maximum absolute atomic E-state index is 12.6. The maximum Gasteiger partial charge on any atom is 0.224 e. The Kier molecular flexibility index (Phi) is 6.87. The molecule has 6 heteroatoms. The largest absolute Gasteiger partial charge is 0.336 e. The highest BCUT2D eigenvalue weighted by Crippen LogP contribution is 2.33. The van der Waals surface area contributed by atoms with Gasteiger partial charge in [-0.15, -0.1) is 12.4 Å². The van der Waals surface area contributed by atoms with Crippen molar-refractivity contribution in [3.05, 3.63) is 34.9 Å². The van der Waals surface area contributed by atoms with Crippen molar-refractivity contribution in [2.24, 2.45) is 0 Å². The molecule has 22 heavy (non-hydrogen) atoms. The van der Waals surface area contributed by atoms with E-state index in [1.807, 2.05) is 34.9 Å². The molecule has 0 bridgehead atoms. The second-order valence-corrected chi connectivity index (χ2v) is 7.32. The first kappa shape index (κ1) is 17.9. The van der Waals surface area contributed by atoms with Gasteiger partial charge in [0.1, 0.15) is 0 Å². The molecule has 2 atom stereocenters. The Balaban J connectivity index is 0.00000176. The third-order valence-electron chi connectivity index (χ3n) is 4.23. The Labute approximate surface area is 147 Å². The Morgan fingerprint density at radius 2 is 2.32 bits per heavy atom. The summed E-state index contributed by atoms with van der Waals surface area (Å²) in [6, 6.07) is 8.46. The molecule has 2 fully saturated rings. The number of benzene rings is 1. The number of likely N-dealkylation sites (tertiary alicyclic amines) is 1. The van der Waals surface area contributed by atoms with Crippen molar-refractivity contribution in [1.82, 2.24) is 10.2 Å². The van der Waals surface area contributed by atoms with Crippen LogP contribution in [-0.4, -0.2) is 41.4 Å². The van der Waals surface area contributed by atoms with E-state index in [4.69, 9.17) is 11.6 Å². The van der Waals surface area contributed by atoms with Crippen molar-refractivity contribution in [3.63, 3.8) is 0 Å². The van der Waals surface area contributed by atoms with Crippen molar-refractivity contribution in [2.45, 2.75) is 31.3 Å². The second kappa shape index (κ2) is 8.44. The van der Waals surface area contributed by atoms with Crippen molar-refractivity contribution in [1.29, 1.82) is 0 Å². The third-order valence-corrected chi connectivity index (χ3v) is 5.59. The minimum absolute atomic E-state index is 0. The van der Waals surface area contributed by atoms with E-state index in [0.717, 1.165) is 42.5 Å². The van der Waals surface area contributed by atoms with Gasteiger partial charge in [-0.2, -0.15) is 11.8 Å². The summed E-state index contributed by atoms with van der Waals surface area (Å²) in [6.07, 6.45) is 2.73. The predicted octanol–water partition coefficient (Wildman–Crippen LogP) is 3.52. The van der Waals surface area contributed by atoms with Crippen molar-refractivity contribution < 1.29 is 4.79 Å². The van der Waals surface area contributed by atoms with E-state index < -0.39 is 0 Å². The molecule has 0 spiro atoms. The number of thioether (sulfide) groups is 1. The minimum Gasteiger partial charge on any atom is -0.336 e. The van der Waals surface area contributed by atoms with E-state index in [9.17, 15) is 4.79 Å². The number of nitrogens with zero attached hydrogens (tertiary/aromatic N) is 1. The maximum atomic E-state index is 12.6. The molecule has 2 aliphatic rings. The molecule has 0 aliphatic carbocycles. The molecule has 2 saturated heterocycles. The van der Waals surface area contributed by atoms with Crippen LogP contribution in [0.4, 0.5) is 0 Å². The summed E-state index contributed by atoms with van der Waals surface area (Å²) >= 11 is 8.03. The Morgan fingerprint density at radius 1 is 1.45 bits per heavy atom. The Morgan fingerprint density at radius 3 is 3.05 bits per heavy atom. The molecule has 2 unspecified atom stereocenters. The molecular weight excluding hydrogens is 339 g/mol. The number of carbonyl (C=O) groups is 1. The molecule has 2 aliphatic heterocycles. The molecule has 122 valence electrons. The fourth-order valence-corrected chi connectivity index (χ4v) is 4.35. The number of hydrogen-bond donors (Lipinski definition) is 1.